The molecule has 0 fully saturated rings. The molecule has 0 aliphatic heterocycles. The zero-order valence-corrected chi connectivity index (χ0v) is 10.1. The Morgan fingerprint density at radius 2 is 2.25 bits per heavy atom. The highest BCUT2D eigenvalue weighted by Crippen LogP contribution is 2.11. The van der Waals surface area contributed by atoms with Gasteiger partial charge in [-0.3, -0.25) is 4.79 Å². The summed E-state index contributed by atoms with van der Waals surface area (Å²) in [5, 5.41) is 13.1. The van der Waals surface area contributed by atoms with Crippen LogP contribution in [0, 0.1) is 11.8 Å². The van der Waals surface area contributed by atoms with E-state index in [1.54, 1.807) is 4.68 Å². The average molecular weight is 225 g/mol. The molecule has 0 saturated heterocycles. The summed E-state index contributed by atoms with van der Waals surface area (Å²) in [4.78, 5) is 15.1. The number of hydrogen-bond donors (Lipinski definition) is 1. The van der Waals surface area contributed by atoms with E-state index < -0.39 is 5.97 Å². The summed E-state index contributed by atoms with van der Waals surface area (Å²) in [6.07, 6.45) is 2.56. The predicted octanol–water partition coefficient (Wildman–Crippen LogP) is 1.59. The lowest BCUT2D eigenvalue weighted by molar-refractivity contribution is -0.141. The second-order valence-electron chi connectivity index (χ2n) is 4.40. The van der Waals surface area contributed by atoms with Crippen LogP contribution >= 0.6 is 0 Å². The minimum absolute atomic E-state index is 0.366. The summed E-state index contributed by atoms with van der Waals surface area (Å²) in [7, 11) is 0. The summed E-state index contributed by atoms with van der Waals surface area (Å²) in [6, 6.07) is 0. The molecule has 1 N–H and O–H groups in total. The average Bonchev–Trinajstić information content (AvgIpc) is 2.60. The monoisotopic (exact) mass is 225 g/mol. The molecule has 0 aromatic carbocycles. The Hall–Kier alpha value is -1.39. The van der Waals surface area contributed by atoms with Crippen LogP contribution < -0.4 is 0 Å². The minimum atomic E-state index is -0.762. The number of hydrogen-bond acceptors (Lipinski definition) is 3. The summed E-state index contributed by atoms with van der Waals surface area (Å²) in [6.45, 7) is 6.85. The van der Waals surface area contributed by atoms with Crippen molar-refractivity contribution in [1.29, 1.82) is 0 Å². The van der Waals surface area contributed by atoms with Crippen molar-refractivity contribution in [3.05, 3.63) is 12.2 Å². The maximum absolute atomic E-state index is 10.9. The van der Waals surface area contributed by atoms with Crippen molar-refractivity contribution < 1.29 is 9.90 Å². The fourth-order valence-corrected chi connectivity index (χ4v) is 1.57. The first kappa shape index (κ1) is 12.7. The Morgan fingerprint density at radius 1 is 1.56 bits per heavy atom. The topological polar surface area (TPSA) is 68.0 Å². The van der Waals surface area contributed by atoms with E-state index in [1.807, 2.05) is 6.92 Å². The fourth-order valence-electron chi connectivity index (χ4n) is 1.57. The van der Waals surface area contributed by atoms with E-state index in [1.165, 1.54) is 6.33 Å². The van der Waals surface area contributed by atoms with Crippen molar-refractivity contribution in [3.8, 4) is 0 Å². The molecule has 1 aromatic rings. The van der Waals surface area contributed by atoms with Crippen molar-refractivity contribution in [1.82, 2.24) is 14.8 Å². The molecule has 0 aliphatic carbocycles. The lowest BCUT2D eigenvalue weighted by Crippen LogP contribution is -2.19. The Bertz CT molecular complexity index is 347. The van der Waals surface area contributed by atoms with Gasteiger partial charge in [-0.2, -0.15) is 5.10 Å². The Morgan fingerprint density at radius 3 is 2.75 bits per heavy atom. The highest BCUT2D eigenvalue weighted by Gasteiger charge is 2.18. The highest BCUT2D eigenvalue weighted by molar-refractivity contribution is 5.70. The molecule has 5 heteroatoms. The van der Waals surface area contributed by atoms with Crippen LogP contribution in [-0.4, -0.2) is 25.8 Å². The van der Waals surface area contributed by atoms with Crippen LogP contribution in [0.5, 0.6) is 0 Å². The standard InChI is InChI=1S/C11H19N3O2/c1-4-9(11(15)16)5-10-12-7-13-14(10)6-8(2)3/h7-9H,4-6H2,1-3H3,(H,15,16). The molecule has 90 valence electrons. The quantitative estimate of drug-likeness (QED) is 0.798. The van der Waals surface area contributed by atoms with E-state index in [0.29, 0.717) is 18.8 Å². The third-order valence-corrected chi connectivity index (χ3v) is 2.50. The molecule has 1 rings (SSSR count). The van der Waals surface area contributed by atoms with Gasteiger partial charge < -0.3 is 5.11 Å². The van der Waals surface area contributed by atoms with Crippen LogP contribution in [0.3, 0.4) is 0 Å². The van der Waals surface area contributed by atoms with Crippen LogP contribution in [0.25, 0.3) is 0 Å². The first-order valence-electron chi connectivity index (χ1n) is 5.64. The molecular formula is C11H19N3O2. The molecule has 0 aliphatic rings. The predicted molar refractivity (Wildman–Crippen MR) is 60.0 cm³/mol. The Kier molecular flexibility index (Phi) is 4.46. The van der Waals surface area contributed by atoms with Crippen LogP contribution in [0.1, 0.15) is 33.0 Å². The Labute approximate surface area is 95.5 Å². The van der Waals surface area contributed by atoms with Crippen LogP contribution in [0.15, 0.2) is 6.33 Å². The van der Waals surface area contributed by atoms with E-state index >= 15 is 0 Å². The number of carboxylic acid groups (broad SMARTS) is 1. The van der Waals surface area contributed by atoms with Gasteiger partial charge in [0, 0.05) is 13.0 Å². The van der Waals surface area contributed by atoms with Crippen LogP contribution in [0.4, 0.5) is 0 Å². The maximum atomic E-state index is 10.9. The molecule has 1 heterocycles. The summed E-state index contributed by atoms with van der Waals surface area (Å²) in [5.74, 6) is 0.116. The van der Waals surface area contributed by atoms with Gasteiger partial charge in [0.25, 0.3) is 0 Å². The Balaban J connectivity index is 2.72. The van der Waals surface area contributed by atoms with Gasteiger partial charge in [0.15, 0.2) is 0 Å². The van der Waals surface area contributed by atoms with E-state index in [4.69, 9.17) is 5.11 Å². The first-order valence-corrected chi connectivity index (χ1v) is 5.64. The molecule has 0 amide bonds. The van der Waals surface area contributed by atoms with Gasteiger partial charge in [-0.05, 0) is 12.3 Å². The number of rotatable bonds is 6. The lowest BCUT2D eigenvalue weighted by atomic mass is 10.0. The van der Waals surface area contributed by atoms with Crippen molar-refractivity contribution >= 4 is 5.97 Å². The zero-order valence-electron chi connectivity index (χ0n) is 10.1. The van der Waals surface area contributed by atoms with Gasteiger partial charge >= 0.3 is 5.97 Å². The third-order valence-electron chi connectivity index (χ3n) is 2.50. The SMILES string of the molecule is CCC(Cc1ncnn1CC(C)C)C(=O)O. The van der Waals surface area contributed by atoms with Gasteiger partial charge in [-0.1, -0.05) is 20.8 Å². The smallest absolute Gasteiger partial charge is 0.306 e. The van der Waals surface area contributed by atoms with Crippen molar-refractivity contribution in [2.45, 2.75) is 40.2 Å². The molecule has 1 unspecified atom stereocenters. The molecule has 1 aromatic heterocycles. The maximum Gasteiger partial charge on any atom is 0.306 e. The van der Waals surface area contributed by atoms with Gasteiger partial charge in [0.05, 0.1) is 5.92 Å². The van der Waals surface area contributed by atoms with Crippen molar-refractivity contribution in [3.63, 3.8) is 0 Å². The summed E-state index contributed by atoms with van der Waals surface area (Å²) in [5.41, 5.74) is 0. The molecule has 0 radical (unpaired) electrons. The summed E-state index contributed by atoms with van der Waals surface area (Å²) < 4.78 is 1.80. The molecule has 0 saturated carbocycles. The van der Waals surface area contributed by atoms with Crippen LogP contribution in [0.2, 0.25) is 0 Å². The van der Waals surface area contributed by atoms with Crippen molar-refractivity contribution in [2.24, 2.45) is 11.8 Å². The van der Waals surface area contributed by atoms with Gasteiger partial charge in [-0.25, -0.2) is 9.67 Å². The van der Waals surface area contributed by atoms with Gasteiger partial charge in [0.2, 0.25) is 0 Å². The highest BCUT2D eigenvalue weighted by atomic mass is 16.4. The van der Waals surface area contributed by atoms with E-state index in [2.05, 4.69) is 23.9 Å². The van der Waals surface area contributed by atoms with Crippen molar-refractivity contribution in [2.75, 3.05) is 0 Å². The van der Waals surface area contributed by atoms with E-state index in [-0.39, 0.29) is 5.92 Å². The van der Waals surface area contributed by atoms with E-state index in [0.717, 1.165) is 12.4 Å². The zero-order chi connectivity index (χ0) is 12.1. The van der Waals surface area contributed by atoms with Gasteiger partial charge in [0.1, 0.15) is 12.2 Å². The second-order valence-corrected chi connectivity index (χ2v) is 4.40. The third kappa shape index (κ3) is 3.32. The fraction of sp³-hybridized carbons (Fsp3) is 0.727. The molecule has 0 bridgehead atoms. The van der Waals surface area contributed by atoms with E-state index in [9.17, 15) is 4.79 Å². The molecule has 16 heavy (non-hydrogen) atoms. The number of carbonyl (C=O) groups is 1. The number of carboxylic acids is 1. The molecule has 5 nitrogen and oxygen atoms in total. The normalized spacial score (nSPS) is 13.0. The van der Waals surface area contributed by atoms with Gasteiger partial charge in [-0.15, -0.1) is 0 Å². The molecule has 1 atom stereocenters. The largest absolute Gasteiger partial charge is 0.481 e. The second kappa shape index (κ2) is 5.63. The number of aromatic nitrogens is 3. The summed E-state index contributed by atoms with van der Waals surface area (Å²) >= 11 is 0. The molecule has 0 spiro atoms. The number of aliphatic carboxylic acids is 1. The lowest BCUT2D eigenvalue weighted by Gasteiger charge is -2.11. The molecular weight excluding hydrogens is 206 g/mol. The van der Waals surface area contributed by atoms with Crippen LogP contribution in [-0.2, 0) is 17.8 Å². The minimum Gasteiger partial charge on any atom is -0.481 e. The first-order chi connectivity index (χ1) is 7.54. The number of nitrogens with zero attached hydrogens (tertiary/aromatic N) is 3.